The van der Waals surface area contributed by atoms with E-state index in [1.165, 1.54) is 13.4 Å². The van der Waals surface area contributed by atoms with Crippen molar-refractivity contribution in [3.8, 4) is 6.26 Å². The predicted molar refractivity (Wildman–Crippen MR) is 32.8 cm³/mol. The number of ether oxygens (including phenoxy) is 2. The fourth-order valence-corrected chi connectivity index (χ4v) is 0.493. The molecule has 0 saturated carbocycles. The molecular weight excluding hydrogens is 134 g/mol. The summed E-state index contributed by atoms with van der Waals surface area (Å²) in [7, 11) is 1.26. The Labute approximate surface area is 59.3 Å². The Morgan fingerprint density at radius 1 is 1.80 bits per heavy atom. The van der Waals surface area contributed by atoms with Crippen LogP contribution in [0.3, 0.4) is 0 Å². The first kappa shape index (κ1) is 8.76. The van der Waals surface area contributed by atoms with Gasteiger partial charge in [0, 0.05) is 0 Å². The van der Waals surface area contributed by atoms with E-state index in [0.29, 0.717) is 6.42 Å². The summed E-state index contributed by atoms with van der Waals surface area (Å²) < 4.78 is 8.72. The first-order valence-electron chi connectivity index (χ1n) is 2.88. The van der Waals surface area contributed by atoms with Gasteiger partial charge in [-0.2, -0.15) is 5.26 Å². The van der Waals surface area contributed by atoms with Crippen LogP contribution in [0.1, 0.15) is 13.3 Å². The predicted octanol–water partition coefficient (Wildman–Crippen LogP) is 0.436. The summed E-state index contributed by atoms with van der Waals surface area (Å²) in [6.07, 6.45) is 1.14. The number of nitrogens with zero attached hydrogens (tertiary/aromatic N) is 1. The molecule has 0 spiro atoms. The summed E-state index contributed by atoms with van der Waals surface area (Å²) in [5.74, 6) is -0.510. The van der Waals surface area contributed by atoms with Crippen molar-refractivity contribution in [2.24, 2.45) is 0 Å². The Morgan fingerprint density at radius 2 is 2.40 bits per heavy atom. The van der Waals surface area contributed by atoms with Gasteiger partial charge in [-0.15, -0.1) is 0 Å². The quantitative estimate of drug-likeness (QED) is 0.424. The third-order valence-electron chi connectivity index (χ3n) is 1.03. The summed E-state index contributed by atoms with van der Waals surface area (Å²) in [5, 5.41) is 8.03. The molecule has 0 rings (SSSR count). The van der Waals surface area contributed by atoms with Gasteiger partial charge in [-0.3, -0.25) is 0 Å². The van der Waals surface area contributed by atoms with Crippen LogP contribution in [-0.2, 0) is 14.3 Å². The zero-order valence-electron chi connectivity index (χ0n) is 5.96. The average molecular weight is 143 g/mol. The van der Waals surface area contributed by atoms with Crippen LogP contribution in [0.4, 0.5) is 0 Å². The van der Waals surface area contributed by atoms with Crippen molar-refractivity contribution in [3.05, 3.63) is 0 Å². The number of methoxy groups -OCH3 is 1. The van der Waals surface area contributed by atoms with Crippen molar-refractivity contribution in [1.82, 2.24) is 0 Å². The van der Waals surface area contributed by atoms with E-state index in [1.54, 1.807) is 6.92 Å². The summed E-state index contributed by atoms with van der Waals surface area (Å²) in [6, 6.07) is 0. The van der Waals surface area contributed by atoms with E-state index < -0.39 is 12.1 Å². The molecule has 0 aliphatic carbocycles. The standard InChI is InChI=1S/C6H9NO3/c1-3-5(10-4-7)6(8)9-2/h5H,3H2,1-2H3. The zero-order valence-corrected chi connectivity index (χ0v) is 5.96. The highest BCUT2D eigenvalue weighted by Crippen LogP contribution is 1.98. The molecule has 4 heteroatoms. The van der Waals surface area contributed by atoms with Crippen LogP contribution in [-0.4, -0.2) is 19.2 Å². The summed E-state index contributed by atoms with van der Waals surface area (Å²) in [5.41, 5.74) is 0. The van der Waals surface area contributed by atoms with Crippen LogP contribution in [0.5, 0.6) is 0 Å². The monoisotopic (exact) mass is 143 g/mol. The molecule has 0 N–H and O–H groups in total. The molecule has 0 radical (unpaired) electrons. The topological polar surface area (TPSA) is 59.3 Å². The minimum absolute atomic E-state index is 0.445. The Bertz CT molecular complexity index is 150. The Balaban J connectivity index is 3.83. The first-order chi connectivity index (χ1) is 4.76. The van der Waals surface area contributed by atoms with E-state index in [1.807, 2.05) is 0 Å². The summed E-state index contributed by atoms with van der Waals surface area (Å²) in [4.78, 5) is 10.6. The van der Waals surface area contributed by atoms with E-state index in [9.17, 15) is 4.79 Å². The zero-order chi connectivity index (χ0) is 7.98. The van der Waals surface area contributed by atoms with Crippen LogP contribution in [0.2, 0.25) is 0 Å². The molecule has 0 saturated heterocycles. The van der Waals surface area contributed by atoms with Crippen molar-refractivity contribution in [2.75, 3.05) is 7.11 Å². The van der Waals surface area contributed by atoms with E-state index >= 15 is 0 Å². The number of esters is 1. The van der Waals surface area contributed by atoms with Gasteiger partial charge in [0.25, 0.3) is 6.26 Å². The van der Waals surface area contributed by atoms with Crippen LogP contribution in [0, 0.1) is 11.5 Å². The minimum Gasteiger partial charge on any atom is -0.466 e. The molecule has 0 aromatic carbocycles. The molecule has 0 fully saturated rings. The van der Waals surface area contributed by atoms with Gasteiger partial charge in [0.05, 0.1) is 7.11 Å². The van der Waals surface area contributed by atoms with E-state index in [4.69, 9.17) is 5.26 Å². The molecule has 4 nitrogen and oxygen atoms in total. The average Bonchev–Trinajstić information content (AvgIpc) is 1.99. The molecule has 0 aliphatic heterocycles. The summed E-state index contributed by atoms with van der Waals surface area (Å²) in [6.45, 7) is 1.74. The van der Waals surface area contributed by atoms with E-state index in [0.717, 1.165) is 0 Å². The maximum atomic E-state index is 10.6. The highest BCUT2D eigenvalue weighted by Gasteiger charge is 2.17. The number of hydrogen-bond acceptors (Lipinski definition) is 4. The molecule has 56 valence electrons. The van der Waals surface area contributed by atoms with Gasteiger partial charge in [-0.1, -0.05) is 6.92 Å². The fraction of sp³-hybridized carbons (Fsp3) is 0.667. The van der Waals surface area contributed by atoms with Crippen molar-refractivity contribution < 1.29 is 14.3 Å². The second-order valence-electron chi connectivity index (χ2n) is 1.63. The minimum atomic E-state index is -0.741. The lowest BCUT2D eigenvalue weighted by Crippen LogP contribution is -2.22. The largest absolute Gasteiger partial charge is 0.466 e. The van der Waals surface area contributed by atoms with Crippen molar-refractivity contribution >= 4 is 5.97 Å². The van der Waals surface area contributed by atoms with Crippen LogP contribution >= 0.6 is 0 Å². The van der Waals surface area contributed by atoms with Gasteiger partial charge in [-0.05, 0) is 6.42 Å². The normalized spacial score (nSPS) is 11.3. The van der Waals surface area contributed by atoms with Gasteiger partial charge in [-0.25, -0.2) is 4.79 Å². The number of nitriles is 1. The second kappa shape index (κ2) is 4.62. The highest BCUT2D eigenvalue weighted by molar-refractivity contribution is 5.74. The van der Waals surface area contributed by atoms with Gasteiger partial charge >= 0.3 is 5.97 Å². The summed E-state index contributed by atoms with van der Waals surface area (Å²) >= 11 is 0. The highest BCUT2D eigenvalue weighted by atomic mass is 16.6. The third kappa shape index (κ3) is 2.35. The van der Waals surface area contributed by atoms with Gasteiger partial charge in [0.15, 0.2) is 0 Å². The molecule has 0 aliphatic rings. The SMILES string of the molecule is CCC(OC#N)C(=O)OC. The number of rotatable bonds is 3. The molecule has 0 aromatic heterocycles. The van der Waals surface area contributed by atoms with Gasteiger partial charge in [0.2, 0.25) is 6.10 Å². The third-order valence-corrected chi connectivity index (χ3v) is 1.03. The maximum Gasteiger partial charge on any atom is 0.348 e. The van der Waals surface area contributed by atoms with Crippen molar-refractivity contribution in [2.45, 2.75) is 19.4 Å². The van der Waals surface area contributed by atoms with E-state index in [2.05, 4.69) is 9.47 Å². The first-order valence-corrected chi connectivity index (χ1v) is 2.88. The Hall–Kier alpha value is -1.24. The van der Waals surface area contributed by atoms with Crippen molar-refractivity contribution in [1.29, 1.82) is 5.26 Å². The van der Waals surface area contributed by atoms with Gasteiger partial charge in [0.1, 0.15) is 0 Å². The number of carbonyl (C=O) groups is 1. The number of carbonyl (C=O) groups excluding carboxylic acids is 1. The van der Waals surface area contributed by atoms with Crippen LogP contribution < -0.4 is 0 Å². The van der Waals surface area contributed by atoms with E-state index in [-0.39, 0.29) is 0 Å². The molecule has 10 heavy (non-hydrogen) atoms. The molecule has 0 heterocycles. The fourth-order valence-electron chi connectivity index (χ4n) is 0.493. The maximum absolute atomic E-state index is 10.6. The Kier molecular flexibility index (Phi) is 4.05. The molecular formula is C6H9NO3. The van der Waals surface area contributed by atoms with Crippen LogP contribution in [0.25, 0.3) is 0 Å². The number of hydrogen-bond donors (Lipinski definition) is 0. The molecule has 1 unspecified atom stereocenters. The smallest absolute Gasteiger partial charge is 0.348 e. The van der Waals surface area contributed by atoms with Crippen molar-refractivity contribution in [3.63, 3.8) is 0 Å². The Morgan fingerprint density at radius 3 is 2.70 bits per heavy atom. The lowest BCUT2D eigenvalue weighted by molar-refractivity contribution is -0.150. The molecule has 1 atom stereocenters. The molecule has 0 aromatic rings. The lowest BCUT2D eigenvalue weighted by atomic mass is 10.3. The second-order valence-corrected chi connectivity index (χ2v) is 1.63. The molecule has 0 bridgehead atoms. The van der Waals surface area contributed by atoms with Gasteiger partial charge < -0.3 is 9.47 Å². The molecule has 0 amide bonds. The van der Waals surface area contributed by atoms with Crippen LogP contribution in [0.15, 0.2) is 0 Å². The lowest BCUT2D eigenvalue weighted by Gasteiger charge is -2.06.